The number of nitrogens with one attached hydrogen (secondary N) is 1. The van der Waals surface area contributed by atoms with Crippen LogP contribution < -0.4 is 4.72 Å². The minimum Gasteiger partial charge on any atom is -0.375 e. The summed E-state index contributed by atoms with van der Waals surface area (Å²) in [6.45, 7) is 3.90. The highest BCUT2D eigenvalue weighted by Gasteiger charge is 2.54. The van der Waals surface area contributed by atoms with Crippen molar-refractivity contribution in [3.05, 3.63) is 0 Å². The molecule has 0 aromatic rings. The summed E-state index contributed by atoms with van der Waals surface area (Å²) in [6, 6.07) is -0.167. The first kappa shape index (κ1) is 19.6. The van der Waals surface area contributed by atoms with Crippen molar-refractivity contribution in [1.82, 2.24) is 14.5 Å². The predicted molar refractivity (Wildman–Crippen MR) is 103 cm³/mol. The van der Waals surface area contributed by atoms with Crippen molar-refractivity contribution in [2.75, 3.05) is 39.0 Å². The summed E-state index contributed by atoms with van der Waals surface area (Å²) in [5, 5.41) is 0. The average molecular weight is 400 g/mol. The van der Waals surface area contributed by atoms with Crippen LogP contribution in [0, 0.1) is 0 Å². The molecule has 4 saturated heterocycles. The van der Waals surface area contributed by atoms with Gasteiger partial charge in [-0.25, -0.2) is 13.1 Å². The van der Waals surface area contributed by atoms with E-state index in [2.05, 4.69) is 9.62 Å². The first-order valence-corrected chi connectivity index (χ1v) is 12.4. The lowest BCUT2D eigenvalue weighted by Crippen LogP contribution is -2.61. The molecule has 4 rings (SSSR count). The molecule has 4 fully saturated rings. The number of hydrogen-bond acceptors (Lipinski definition) is 5. The topological polar surface area (TPSA) is 79.0 Å². The summed E-state index contributed by atoms with van der Waals surface area (Å²) in [7, 11) is -3.26. The van der Waals surface area contributed by atoms with E-state index < -0.39 is 15.6 Å². The molecule has 1 N–H and O–H groups in total. The molecule has 0 bridgehead atoms. The standard InChI is InChI=1S/C19H33N3O4S/c1-27(24,25)20-16-14-19(7-2-4-10-22(19)15-16)17(23)21-11-8-18(9-12-21)6-3-5-13-26-18/h16,20H,2-15H2,1H3/t16-,19-/m0/s1. The fraction of sp³-hybridized carbons (Fsp3) is 0.947. The third kappa shape index (κ3) is 3.91. The van der Waals surface area contributed by atoms with Crippen LogP contribution in [0.1, 0.15) is 57.8 Å². The SMILES string of the molecule is CS(=O)(=O)N[C@@H]1CN2CCCC[C@@]2(C(=O)N2CCC3(CCCCO3)CC2)C1. The number of rotatable bonds is 3. The molecule has 4 heterocycles. The molecule has 0 saturated carbocycles. The van der Waals surface area contributed by atoms with Crippen LogP contribution in [-0.4, -0.2) is 80.3 Å². The van der Waals surface area contributed by atoms with Crippen LogP contribution in [0.15, 0.2) is 0 Å². The van der Waals surface area contributed by atoms with Gasteiger partial charge in [-0.05, 0) is 64.3 Å². The van der Waals surface area contributed by atoms with E-state index in [1.165, 1.54) is 12.7 Å². The Morgan fingerprint density at radius 1 is 1.04 bits per heavy atom. The maximum absolute atomic E-state index is 13.6. The number of hydrogen-bond donors (Lipinski definition) is 1. The molecule has 4 aliphatic rings. The van der Waals surface area contributed by atoms with Crippen LogP contribution in [-0.2, 0) is 19.6 Å². The van der Waals surface area contributed by atoms with Crippen LogP contribution in [0.2, 0.25) is 0 Å². The fourth-order valence-corrected chi connectivity index (χ4v) is 6.52. The Kier molecular flexibility index (Phi) is 5.29. The molecule has 0 radical (unpaired) electrons. The van der Waals surface area contributed by atoms with E-state index in [9.17, 15) is 13.2 Å². The van der Waals surface area contributed by atoms with Gasteiger partial charge in [0.05, 0.1) is 11.9 Å². The molecule has 4 aliphatic heterocycles. The Balaban J connectivity index is 1.46. The summed E-state index contributed by atoms with van der Waals surface area (Å²) in [6.07, 6.45) is 10.1. The van der Waals surface area contributed by atoms with E-state index in [0.29, 0.717) is 13.0 Å². The van der Waals surface area contributed by atoms with Crippen LogP contribution in [0.3, 0.4) is 0 Å². The van der Waals surface area contributed by atoms with Crippen molar-refractivity contribution in [3.63, 3.8) is 0 Å². The zero-order valence-corrected chi connectivity index (χ0v) is 17.2. The lowest BCUT2D eigenvalue weighted by molar-refractivity contribution is -0.154. The first-order valence-electron chi connectivity index (χ1n) is 10.5. The van der Waals surface area contributed by atoms with Crippen molar-refractivity contribution in [1.29, 1.82) is 0 Å². The second-order valence-electron chi connectivity index (χ2n) is 9.01. The minimum absolute atomic E-state index is 0.00496. The van der Waals surface area contributed by atoms with Gasteiger partial charge < -0.3 is 9.64 Å². The third-order valence-electron chi connectivity index (χ3n) is 7.07. The smallest absolute Gasteiger partial charge is 0.243 e. The van der Waals surface area contributed by atoms with E-state index in [0.717, 1.165) is 71.2 Å². The minimum atomic E-state index is -3.26. The highest BCUT2D eigenvalue weighted by molar-refractivity contribution is 7.88. The molecule has 0 aromatic carbocycles. The van der Waals surface area contributed by atoms with Gasteiger partial charge in [0.1, 0.15) is 5.54 Å². The highest BCUT2D eigenvalue weighted by atomic mass is 32.2. The summed E-state index contributed by atoms with van der Waals surface area (Å²) in [5.41, 5.74) is -0.520. The molecule has 8 heteroatoms. The van der Waals surface area contributed by atoms with Crippen LogP contribution >= 0.6 is 0 Å². The van der Waals surface area contributed by atoms with Gasteiger partial charge in [-0.2, -0.15) is 0 Å². The van der Waals surface area contributed by atoms with Gasteiger partial charge in [-0.1, -0.05) is 0 Å². The number of sulfonamides is 1. The monoisotopic (exact) mass is 399 g/mol. The Labute approximate surface area is 162 Å². The Morgan fingerprint density at radius 3 is 2.44 bits per heavy atom. The van der Waals surface area contributed by atoms with Gasteiger partial charge in [0.2, 0.25) is 15.9 Å². The maximum atomic E-state index is 13.6. The number of ether oxygens (including phenoxy) is 1. The number of likely N-dealkylation sites (tertiary alicyclic amines) is 1. The fourth-order valence-electron chi connectivity index (χ4n) is 5.75. The largest absolute Gasteiger partial charge is 0.375 e. The van der Waals surface area contributed by atoms with E-state index in [-0.39, 0.29) is 17.6 Å². The number of fused-ring (bicyclic) bond motifs is 1. The molecular formula is C19H33N3O4S. The molecular weight excluding hydrogens is 366 g/mol. The Hall–Kier alpha value is -0.700. The third-order valence-corrected chi connectivity index (χ3v) is 7.84. The molecule has 0 unspecified atom stereocenters. The predicted octanol–water partition coefficient (Wildman–Crippen LogP) is 1.09. The molecule has 1 amide bonds. The van der Waals surface area contributed by atoms with Gasteiger partial charge >= 0.3 is 0 Å². The van der Waals surface area contributed by atoms with Crippen LogP contribution in [0.25, 0.3) is 0 Å². The quantitative estimate of drug-likeness (QED) is 0.769. The molecule has 1 spiro atoms. The van der Waals surface area contributed by atoms with Crippen LogP contribution in [0.4, 0.5) is 0 Å². The molecule has 7 nitrogen and oxygen atoms in total. The van der Waals surface area contributed by atoms with Crippen LogP contribution in [0.5, 0.6) is 0 Å². The normalized spacial score (nSPS) is 34.6. The van der Waals surface area contributed by atoms with Gasteiger partial charge in [0.25, 0.3) is 0 Å². The lowest BCUT2D eigenvalue weighted by atomic mass is 9.81. The van der Waals surface area contributed by atoms with Crippen molar-refractivity contribution in [2.45, 2.75) is 75.0 Å². The molecule has 154 valence electrons. The summed E-state index contributed by atoms with van der Waals surface area (Å²) in [4.78, 5) is 17.9. The maximum Gasteiger partial charge on any atom is 0.243 e. The average Bonchev–Trinajstić information content (AvgIpc) is 2.99. The van der Waals surface area contributed by atoms with Crippen molar-refractivity contribution in [2.24, 2.45) is 0 Å². The zero-order valence-electron chi connectivity index (χ0n) is 16.4. The molecule has 27 heavy (non-hydrogen) atoms. The Morgan fingerprint density at radius 2 is 1.78 bits per heavy atom. The number of amides is 1. The summed E-state index contributed by atoms with van der Waals surface area (Å²) in [5.74, 6) is 0.214. The van der Waals surface area contributed by atoms with E-state index >= 15 is 0 Å². The number of carbonyl (C=O) groups is 1. The first-order chi connectivity index (χ1) is 12.8. The van der Waals surface area contributed by atoms with Gasteiger partial charge in [-0.15, -0.1) is 0 Å². The summed E-state index contributed by atoms with van der Waals surface area (Å²) >= 11 is 0. The molecule has 0 aliphatic carbocycles. The summed E-state index contributed by atoms with van der Waals surface area (Å²) < 4.78 is 32.3. The number of carbonyl (C=O) groups excluding carboxylic acids is 1. The van der Waals surface area contributed by atoms with Crippen molar-refractivity contribution < 1.29 is 17.9 Å². The van der Waals surface area contributed by atoms with Gasteiger partial charge in [0, 0.05) is 32.3 Å². The zero-order chi connectivity index (χ0) is 19.1. The van der Waals surface area contributed by atoms with Gasteiger partial charge in [0.15, 0.2) is 0 Å². The van der Waals surface area contributed by atoms with E-state index in [1.807, 2.05) is 4.90 Å². The second kappa shape index (κ2) is 7.28. The molecule has 0 aromatic heterocycles. The van der Waals surface area contributed by atoms with Crippen molar-refractivity contribution >= 4 is 15.9 Å². The lowest BCUT2D eigenvalue weighted by Gasteiger charge is -2.48. The number of nitrogens with zero attached hydrogens (tertiary/aromatic N) is 2. The van der Waals surface area contributed by atoms with E-state index in [4.69, 9.17) is 4.74 Å². The van der Waals surface area contributed by atoms with Gasteiger partial charge in [-0.3, -0.25) is 9.69 Å². The Bertz CT molecular complexity index is 666. The highest BCUT2D eigenvalue weighted by Crippen LogP contribution is 2.41. The second-order valence-corrected chi connectivity index (χ2v) is 10.8. The van der Waals surface area contributed by atoms with Crippen molar-refractivity contribution in [3.8, 4) is 0 Å². The van der Waals surface area contributed by atoms with E-state index in [1.54, 1.807) is 0 Å². The number of piperidine rings is 2. The molecule has 2 atom stereocenters.